The first-order chi connectivity index (χ1) is 2.56. The van der Waals surface area contributed by atoms with Gasteiger partial charge in [-0.1, -0.05) is 0 Å². The van der Waals surface area contributed by atoms with E-state index in [1.807, 2.05) is 0 Å². The van der Waals surface area contributed by atoms with Crippen LogP contribution in [-0.4, -0.2) is 9.52 Å². The van der Waals surface area contributed by atoms with E-state index >= 15 is 0 Å². The Balaban J connectivity index is 3.17. The molecule has 0 heterocycles. The van der Waals surface area contributed by atoms with Crippen LogP contribution in [0.4, 0.5) is 0 Å². The van der Waals surface area contributed by atoms with Gasteiger partial charge in [-0.05, 0) is 0 Å². The normalized spacial score (nSPS) is 13.7. The van der Waals surface area contributed by atoms with Gasteiger partial charge in [-0.25, -0.2) is 0 Å². The summed E-state index contributed by atoms with van der Waals surface area (Å²) in [5.74, 6) is 0. The molecule has 0 atom stereocenters. The van der Waals surface area contributed by atoms with Crippen molar-refractivity contribution in [1.29, 1.82) is 0 Å². The van der Waals surface area contributed by atoms with Gasteiger partial charge in [0.25, 0.3) is 0 Å². The monoisotopic (exact) mass is 177 g/mol. The summed E-state index contributed by atoms with van der Waals surface area (Å²) in [5.41, 5.74) is 0. The molecule has 6 heavy (non-hydrogen) atoms. The van der Waals surface area contributed by atoms with Gasteiger partial charge >= 0.3 is 57.4 Å². The Kier molecular flexibility index (Phi) is 2.86. The summed E-state index contributed by atoms with van der Waals surface area (Å²) in [5, 5.41) is 0. The van der Waals surface area contributed by atoms with E-state index in [4.69, 9.17) is 0 Å². The van der Waals surface area contributed by atoms with Crippen molar-refractivity contribution in [3.63, 3.8) is 0 Å². The zero-order chi connectivity index (χ0) is 5.21. The standard InChI is InChI=1S/C4H11Si.Zr/c1-4(2)5-3;/h5H2,1-3H3;. The van der Waals surface area contributed by atoms with Crippen molar-refractivity contribution in [3.8, 4) is 0 Å². The molecule has 0 aromatic rings. The van der Waals surface area contributed by atoms with Crippen molar-refractivity contribution in [2.75, 3.05) is 0 Å². The summed E-state index contributed by atoms with van der Waals surface area (Å²) in [6.07, 6.45) is 0. The third kappa shape index (κ3) is 5.10. The quantitative estimate of drug-likeness (QED) is 0.524. The molecule has 0 bridgehead atoms. The Morgan fingerprint density at radius 2 is 1.67 bits per heavy atom. The second-order valence-corrected chi connectivity index (χ2v) is 9.78. The van der Waals surface area contributed by atoms with E-state index in [2.05, 4.69) is 20.4 Å². The van der Waals surface area contributed by atoms with Gasteiger partial charge in [0.15, 0.2) is 0 Å². The van der Waals surface area contributed by atoms with Crippen molar-refractivity contribution in [1.82, 2.24) is 0 Å². The van der Waals surface area contributed by atoms with Crippen LogP contribution >= 0.6 is 0 Å². The van der Waals surface area contributed by atoms with Crippen LogP contribution in [0.15, 0.2) is 0 Å². The average Bonchev–Trinajstić information content (AvgIpc) is 1.35. The van der Waals surface area contributed by atoms with Crippen LogP contribution in [-0.2, 0) is 24.7 Å². The van der Waals surface area contributed by atoms with Crippen molar-refractivity contribution in [2.45, 2.75) is 23.1 Å². The zero-order valence-electron chi connectivity index (χ0n) is 4.71. The van der Waals surface area contributed by atoms with Gasteiger partial charge in [0, 0.05) is 0 Å². The Morgan fingerprint density at radius 1 is 1.50 bits per heavy atom. The second kappa shape index (κ2) is 2.42. The minimum absolute atomic E-state index is 0.292. The zero-order valence-corrected chi connectivity index (χ0v) is 8.58. The molecule has 0 aromatic carbocycles. The Morgan fingerprint density at radius 3 is 1.67 bits per heavy atom. The van der Waals surface area contributed by atoms with E-state index in [-0.39, 0.29) is 0 Å². The topological polar surface area (TPSA) is 0 Å². The summed E-state index contributed by atoms with van der Waals surface area (Å²) in [6.45, 7) is 7.06. The van der Waals surface area contributed by atoms with E-state index in [1.54, 1.807) is 24.7 Å². The molecule has 0 unspecified atom stereocenters. The fraction of sp³-hybridized carbons (Fsp3) is 1.00. The minimum atomic E-state index is 0.292. The van der Waals surface area contributed by atoms with E-state index < -0.39 is 0 Å². The van der Waals surface area contributed by atoms with Crippen LogP contribution in [0.5, 0.6) is 0 Å². The summed E-state index contributed by atoms with van der Waals surface area (Å²) in [4.78, 5) is 0. The molecule has 0 aliphatic carbocycles. The molecule has 0 saturated carbocycles. The maximum atomic E-state index is 2.37. The van der Waals surface area contributed by atoms with E-state index in [1.165, 1.54) is 0 Å². The van der Waals surface area contributed by atoms with Gasteiger partial charge in [0.1, 0.15) is 0 Å². The predicted octanol–water partition coefficient (Wildman–Crippen LogP) is 0.906. The van der Waals surface area contributed by atoms with E-state index in [0.29, 0.717) is 9.52 Å². The second-order valence-electron chi connectivity index (χ2n) is 2.24. The van der Waals surface area contributed by atoms with Crippen LogP contribution in [0.25, 0.3) is 0 Å². The first-order valence-corrected chi connectivity index (χ1v) is 5.66. The first kappa shape index (κ1) is 7.10. The Labute approximate surface area is 57.4 Å². The summed E-state index contributed by atoms with van der Waals surface area (Å²) >= 11 is 1.71. The molecule has 0 aliphatic rings. The molecule has 35 valence electrons. The molecule has 0 rings (SSSR count). The van der Waals surface area contributed by atoms with Gasteiger partial charge < -0.3 is 0 Å². The van der Waals surface area contributed by atoms with Crippen molar-refractivity contribution in [3.05, 3.63) is 0 Å². The Bertz CT molecular complexity index is 37.3. The summed E-state index contributed by atoms with van der Waals surface area (Å²) < 4.78 is 0.771. The summed E-state index contributed by atoms with van der Waals surface area (Å²) in [6, 6.07) is 0. The van der Waals surface area contributed by atoms with Crippen molar-refractivity contribution < 1.29 is 24.7 Å². The van der Waals surface area contributed by atoms with Crippen LogP contribution < -0.4 is 0 Å². The molecule has 0 saturated heterocycles. The van der Waals surface area contributed by atoms with Gasteiger partial charge in [-0.2, -0.15) is 0 Å². The molecule has 0 amide bonds. The number of rotatable bonds is 1. The maximum absolute atomic E-state index is 2.37. The van der Waals surface area contributed by atoms with Crippen LogP contribution in [0.1, 0.15) is 13.8 Å². The van der Waals surface area contributed by atoms with Crippen LogP contribution in [0.2, 0.25) is 9.29 Å². The molecule has 0 nitrogen and oxygen atoms in total. The van der Waals surface area contributed by atoms with Crippen LogP contribution in [0.3, 0.4) is 0 Å². The molecule has 0 radical (unpaired) electrons. The molecule has 0 aromatic heterocycles. The van der Waals surface area contributed by atoms with E-state index in [9.17, 15) is 0 Å². The third-order valence-electron chi connectivity index (χ3n) is 0.884. The number of hydrogen-bond acceptors (Lipinski definition) is 0. The average molecular weight is 178 g/mol. The molecule has 0 fully saturated rings. The molecule has 0 spiro atoms. The molecular weight excluding hydrogens is 167 g/mol. The van der Waals surface area contributed by atoms with Crippen LogP contribution in [0, 0.1) is 0 Å². The predicted molar refractivity (Wildman–Crippen MR) is 28.4 cm³/mol. The van der Waals surface area contributed by atoms with Crippen molar-refractivity contribution >= 4 is 9.52 Å². The first-order valence-electron chi connectivity index (χ1n) is 2.31. The Hall–Kier alpha value is 1.10. The number of hydrogen-bond donors (Lipinski definition) is 0. The summed E-state index contributed by atoms with van der Waals surface area (Å²) in [7, 11) is 0.292. The van der Waals surface area contributed by atoms with Gasteiger partial charge in [0.2, 0.25) is 0 Å². The van der Waals surface area contributed by atoms with E-state index in [0.717, 1.165) is 2.75 Å². The third-order valence-corrected chi connectivity index (χ3v) is 5.26. The molecule has 0 N–H and O–H groups in total. The fourth-order valence-corrected chi connectivity index (χ4v) is 0. The SMILES string of the molecule is C[SiH2][C](C)(C)[Zr]. The molecule has 2 heteroatoms. The fourth-order valence-electron chi connectivity index (χ4n) is 0. The van der Waals surface area contributed by atoms with Gasteiger partial charge in [-0.3, -0.25) is 0 Å². The molecular formula is C4H11SiZr. The van der Waals surface area contributed by atoms with Gasteiger partial charge in [0.05, 0.1) is 0 Å². The molecule has 0 aliphatic heterocycles. The van der Waals surface area contributed by atoms with Crippen molar-refractivity contribution in [2.24, 2.45) is 0 Å². The van der Waals surface area contributed by atoms with Gasteiger partial charge in [-0.15, -0.1) is 0 Å².